The zero-order valence-corrected chi connectivity index (χ0v) is 22.6. The lowest BCUT2D eigenvalue weighted by Gasteiger charge is -2.45. The number of amidine groups is 1. The molecule has 2 aliphatic heterocycles. The Morgan fingerprint density at radius 3 is 2.40 bits per heavy atom. The molecule has 190 valence electrons. The van der Waals surface area contributed by atoms with E-state index in [4.69, 9.17) is 4.99 Å². The molecule has 0 radical (unpaired) electrons. The van der Waals surface area contributed by atoms with Crippen molar-refractivity contribution in [3.63, 3.8) is 0 Å². The van der Waals surface area contributed by atoms with Gasteiger partial charge in [-0.1, -0.05) is 45.4 Å². The summed E-state index contributed by atoms with van der Waals surface area (Å²) in [6, 6.07) is 4.17. The number of nitrogens with zero attached hydrogens (tertiary/aromatic N) is 3. The number of rotatable bonds is 3. The van der Waals surface area contributed by atoms with E-state index in [1.54, 1.807) is 12.1 Å². The lowest BCUT2D eigenvalue weighted by Crippen LogP contribution is -2.45. The van der Waals surface area contributed by atoms with Crippen LogP contribution in [0.2, 0.25) is 0 Å². The molecule has 6 heteroatoms. The molecule has 3 fully saturated rings. The molecule has 1 aromatic rings. The van der Waals surface area contributed by atoms with Crippen molar-refractivity contribution < 1.29 is 9.18 Å². The van der Waals surface area contributed by atoms with Crippen LogP contribution >= 0.6 is 11.8 Å². The molecule has 0 bridgehead atoms. The van der Waals surface area contributed by atoms with Crippen molar-refractivity contribution in [1.82, 2.24) is 4.90 Å². The molecule has 0 spiro atoms. The second-order valence-corrected chi connectivity index (χ2v) is 12.7. The number of halogens is 1. The van der Waals surface area contributed by atoms with Crippen LogP contribution in [0.5, 0.6) is 0 Å². The summed E-state index contributed by atoms with van der Waals surface area (Å²) in [5.74, 6) is 0.0891. The lowest BCUT2D eigenvalue weighted by molar-refractivity contribution is -0.124. The van der Waals surface area contributed by atoms with Gasteiger partial charge in [-0.2, -0.15) is 0 Å². The molecule has 1 aromatic carbocycles. The number of aliphatic imine (C=N–C) groups is 1. The molecule has 1 amide bonds. The number of hydrogen-bond donors (Lipinski definition) is 0. The molecule has 1 saturated heterocycles. The average molecular weight is 498 g/mol. The molecule has 1 atom stereocenters. The molecule has 4 nitrogen and oxygen atoms in total. The van der Waals surface area contributed by atoms with Crippen LogP contribution in [0.1, 0.15) is 108 Å². The molecule has 0 aromatic heterocycles. The predicted molar refractivity (Wildman–Crippen MR) is 146 cm³/mol. The Bertz CT molecular complexity index is 1040. The van der Waals surface area contributed by atoms with Gasteiger partial charge in [-0.05, 0) is 87.4 Å². The highest BCUT2D eigenvalue weighted by atomic mass is 32.2. The summed E-state index contributed by atoms with van der Waals surface area (Å²) < 4.78 is 15.4. The van der Waals surface area contributed by atoms with Gasteiger partial charge in [0, 0.05) is 29.9 Å². The van der Waals surface area contributed by atoms with Crippen molar-refractivity contribution in [2.45, 2.75) is 115 Å². The fraction of sp³-hybridized carbons (Fsp3) is 0.655. The highest BCUT2D eigenvalue weighted by Gasteiger charge is 2.40. The van der Waals surface area contributed by atoms with E-state index in [1.165, 1.54) is 37.4 Å². The van der Waals surface area contributed by atoms with E-state index in [1.807, 2.05) is 11.0 Å². The van der Waals surface area contributed by atoms with Gasteiger partial charge in [0.2, 0.25) is 0 Å². The SMILES string of the molecule is CC1CC(C)(C)N(C)c2cc(F)c(/C=C3/SC(=NC4CCCCC4)N(C4CCCCC4)C3=O)cc21. The average Bonchev–Trinajstić information content (AvgIpc) is 3.14. The Kier molecular flexibility index (Phi) is 7.04. The fourth-order valence-electron chi connectivity index (χ4n) is 6.46. The molecule has 0 N–H and O–H groups in total. The van der Waals surface area contributed by atoms with Crippen molar-refractivity contribution in [1.29, 1.82) is 0 Å². The summed E-state index contributed by atoms with van der Waals surface area (Å²) >= 11 is 1.47. The Morgan fingerprint density at radius 2 is 1.71 bits per heavy atom. The zero-order valence-electron chi connectivity index (χ0n) is 21.8. The van der Waals surface area contributed by atoms with Crippen LogP contribution in [0.25, 0.3) is 6.08 Å². The minimum absolute atomic E-state index is 0.0128. The van der Waals surface area contributed by atoms with Gasteiger partial charge >= 0.3 is 0 Å². The van der Waals surface area contributed by atoms with E-state index in [9.17, 15) is 4.79 Å². The molecule has 4 aliphatic rings. The molecule has 1 unspecified atom stereocenters. The second-order valence-electron chi connectivity index (χ2n) is 11.7. The highest BCUT2D eigenvalue weighted by molar-refractivity contribution is 8.18. The van der Waals surface area contributed by atoms with Crippen LogP contribution in [0.3, 0.4) is 0 Å². The van der Waals surface area contributed by atoms with Crippen molar-refractivity contribution in [3.05, 3.63) is 34.0 Å². The first-order chi connectivity index (χ1) is 16.7. The number of carbonyl (C=O) groups is 1. The number of anilines is 1. The zero-order chi connectivity index (χ0) is 24.7. The van der Waals surface area contributed by atoms with Crippen LogP contribution in [0.4, 0.5) is 10.1 Å². The third kappa shape index (κ3) is 4.92. The van der Waals surface area contributed by atoms with Gasteiger partial charge in [0.15, 0.2) is 5.17 Å². The monoisotopic (exact) mass is 497 g/mol. The number of amides is 1. The standard InChI is InChI=1S/C29H40FN3OS/c1-19-18-29(2,3)32(4)25-17-24(30)20(15-23(19)25)16-26-27(34)33(22-13-9-6-10-14-22)28(35-26)31-21-11-7-5-8-12-21/h15-17,19,21-22H,5-14,18H2,1-4H3/b26-16+,31-28?. The summed E-state index contributed by atoms with van der Waals surface area (Å²) in [5.41, 5.74) is 2.63. The first-order valence-electron chi connectivity index (χ1n) is 13.6. The van der Waals surface area contributed by atoms with Gasteiger partial charge < -0.3 is 4.90 Å². The Hall–Kier alpha value is -1.82. The van der Waals surface area contributed by atoms with E-state index in [0.717, 1.165) is 61.4 Å². The fourth-order valence-corrected chi connectivity index (χ4v) is 7.56. The molecule has 5 rings (SSSR count). The van der Waals surface area contributed by atoms with Gasteiger partial charge in [0.1, 0.15) is 5.82 Å². The molecule has 2 saturated carbocycles. The maximum Gasteiger partial charge on any atom is 0.267 e. The Morgan fingerprint density at radius 1 is 1.06 bits per heavy atom. The summed E-state index contributed by atoms with van der Waals surface area (Å²) in [4.78, 5) is 23.6. The van der Waals surface area contributed by atoms with Crippen LogP contribution < -0.4 is 4.90 Å². The quantitative estimate of drug-likeness (QED) is 0.406. The van der Waals surface area contributed by atoms with E-state index in [0.29, 0.717) is 22.4 Å². The highest BCUT2D eigenvalue weighted by Crippen LogP contribution is 2.44. The molecular weight excluding hydrogens is 457 g/mol. The van der Waals surface area contributed by atoms with E-state index >= 15 is 4.39 Å². The van der Waals surface area contributed by atoms with Crippen molar-refractivity contribution in [3.8, 4) is 0 Å². The Labute approximate surface area is 214 Å². The summed E-state index contributed by atoms with van der Waals surface area (Å²) in [6.45, 7) is 6.64. The van der Waals surface area contributed by atoms with Crippen molar-refractivity contribution in [2.24, 2.45) is 4.99 Å². The first-order valence-corrected chi connectivity index (χ1v) is 14.4. The van der Waals surface area contributed by atoms with Gasteiger partial charge in [-0.15, -0.1) is 0 Å². The van der Waals surface area contributed by atoms with Crippen molar-refractivity contribution in [2.75, 3.05) is 11.9 Å². The lowest BCUT2D eigenvalue weighted by atomic mass is 9.80. The first kappa shape index (κ1) is 24.9. The Balaban J connectivity index is 1.49. The third-order valence-corrected chi connectivity index (χ3v) is 9.68. The van der Waals surface area contributed by atoms with E-state index in [2.05, 4.69) is 32.7 Å². The minimum Gasteiger partial charge on any atom is -0.369 e. The number of benzene rings is 1. The van der Waals surface area contributed by atoms with Gasteiger partial charge in [0.25, 0.3) is 5.91 Å². The number of thioether (sulfide) groups is 1. The van der Waals surface area contributed by atoms with Crippen molar-refractivity contribution >= 4 is 34.6 Å². The second kappa shape index (κ2) is 9.91. The number of hydrogen-bond acceptors (Lipinski definition) is 4. The smallest absolute Gasteiger partial charge is 0.267 e. The summed E-state index contributed by atoms with van der Waals surface area (Å²) in [6.07, 6.45) is 14.4. The van der Waals surface area contributed by atoms with Gasteiger partial charge in [-0.25, -0.2) is 4.39 Å². The van der Waals surface area contributed by atoms with Gasteiger partial charge in [0.05, 0.1) is 10.9 Å². The largest absolute Gasteiger partial charge is 0.369 e. The van der Waals surface area contributed by atoms with Gasteiger partial charge in [-0.3, -0.25) is 14.7 Å². The molecule has 35 heavy (non-hydrogen) atoms. The normalized spacial score (nSPS) is 28.3. The van der Waals surface area contributed by atoms with E-state index < -0.39 is 0 Å². The summed E-state index contributed by atoms with van der Waals surface area (Å²) in [7, 11) is 2.05. The van der Waals surface area contributed by atoms with Crippen LogP contribution in [-0.2, 0) is 4.79 Å². The third-order valence-electron chi connectivity index (χ3n) is 8.68. The van der Waals surface area contributed by atoms with Crippen LogP contribution in [-0.4, -0.2) is 40.6 Å². The van der Waals surface area contributed by atoms with Crippen LogP contribution in [0.15, 0.2) is 22.0 Å². The summed E-state index contributed by atoms with van der Waals surface area (Å²) in [5, 5.41) is 0.855. The molecule has 2 heterocycles. The number of fused-ring (bicyclic) bond motifs is 1. The van der Waals surface area contributed by atoms with Crippen LogP contribution in [0, 0.1) is 5.82 Å². The predicted octanol–water partition coefficient (Wildman–Crippen LogP) is 7.49. The van der Waals surface area contributed by atoms with E-state index in [-0.39, 0.29) is 23.3 Å². The maximum absolute atomic E-state index is 15.4. The number of carbonyl (C=O) groups excluding carboxylic acids is 1. The topological polar surface area (TPSA) is 35.9 Å². The minimum atomic E-state index is -0.261. The molecule has 2 aliphatic carbocycles. The molecular formula is C29H40FN3OS. The maximum atomic E-state index is 15.4.